The van der Waals surface area contributed by atoms with Crippen LogP contribution in [0.25, 0.3) is 65.4 Å². The van der Waals surface area contributed by atoms with Gasteiger partial charge in [-0.1, -0.05) is 115 Å². The summed E-state index contributed by atoms with van der Waals surface area (Å²) in [5.74, 6) is 0. The summed E-state index contributed by atoms with van der Waals surface area (Å²) in [5, 5.41) is 9.77. The molecule has 0 aliphatic rings. The standard InChI is InChI=1S/C37H24O/c1-2-9-24(10-3-1)21-25-11-8-12-26(22-25)27-17-18-32-34(23-27)29-14-5-4-13-28(29)31-19-20-33-30-15-6-7-16-35(30)38-37(33)36(31)32/h1-20,22-23H,21H2. The summed E-state index contributed by atoms with van der Waals surface area (Å²) in [6.07, 6.45) is 0.930. The van der Waals surface area contributed by atoms with Crippen LogP contribution in [0.2, 0.25) is 0 Å². The van der Waals surface area contributed by atoms with Crippen molar-refractivity contribution in [3.05, 3.63) is 145 Å². The molecule has 0 aliphatic heterocycles. The Morgan fingerprint density at radius 2 is 1.03 bits per heavy atom. The van der Waals surface area contributed by atoms with E-state index in [0.29, 0.717) is 0 Å². The van der Waals surface area contributed by atoms with Crippen molar-refractivity contribution >= 4 is 54.3 Å². The molecule has 7 aromatic carbocycles. The van der Waals surface area contributed by atoms with E-state index in [1.165, 1.54) is 60.0 Å². The Hall–Kier alpha value is -4.88. The minimum Gasteiger partial charge on any atom is -0.455 e. The summed E-state index contributed by atoms with van der Waals surface area (Å²) in [6, 6.07) is 48.1. The number of furan rings is 1. The Morgan fingerprint density at radius 3 is 1.89 bits per heavy atom. The van der Waals surface area contributed by atoms with E-state index in [9.17, 15) is 0 Å². The van der Waals surface area contributed by atoms with Crippen molar-refractivity contribution in [2.24, 2.45) is 0 Å². The van der Waals surface area contributed by atoms with E-state index in [-0.39, 0.29) is 0 Å². The van der Waals surface area contributed by atoms with Gasteiger partial charge in [0.2, 0.25) is 0 Å². The molecule has 8 aromatic rings. The van der Waals surface area contributed by atoms with Gasteiger partial charge in [-0.25, -0.2) is 0 Å². The lowest BCUT2D eigenvalue weighted by molar-refractivity contribution is 0.673. The van der Waals surface area contributed by atoms with Gasteiger partial charge < -0.3 is 4.42 Å². The molecule has 0 N–H and O–H groups in total. The van der Waals surface area contributed by atoms with Crippen molar-refractivity contribution in [3.8, 4) is 11.1 Å². The molecule has 1 heteroatoms. The van der Waals surface area contributed by atoms with E-state index in [0.717, 1.165) is 23.0 Å². The molecule has 1 aromatic heterocycles. The number of hydrogen-bond donors (Lipinski definition) is 0. The first-order chi connectivity index (χ1) is 18.8. The van der Waals surface area contributed by atoms with Crippen LogP contribution in [0, 0.1) is 0 Å². The van der Waals surface area contributed by atoms with E-state index in [2.05, 4.69) is 127 Å². The van der Waals surface area contributed by atoms with Crippen LogP contribution in [0.3, 0.4) is 0 Å². The predicted molar refractivity (Wildman–Crippen MR) is 161 cm³/mol. The molecule has 0 radical (unpaired) electrons. The number of para-hydroxylation sites is 1. The molecule has 0 fully saturated rings. The van der Waals surface area contributed by atoms with E-state index in [1.807, 2.05) is 6.07 Å². The van der Waals surface area contributed by atoms with Gasteiger partial charge in [0.1, 0.15) is 11.2 Å². The Morgan fingerprint density at radius 1 is 0.395 bits per heavy atom. The molecule has 8 rings (SSSR count). The first-order valence-corrected chi connectivity index (χ1v) is 13.2. The van der Waals surface area contributed by atoms with E-state index in [1.54, 1.807) is 0 Å². The molecule has 0 spiro atoms. The molecular weight excluding hydrogens is 460 g/mol. The third kappa shape index (κ3) is 3.26. The first kappa shape index (κ1) is 21.2. The average Bonchev–Trinajstić information content (AvgIpc) is 3.36. The van der Waals surface area contributed by atoms with Crippen molar-refractivity contribution in [1.82, 2.24) is 0 Å². The van der Waals surface area contributed by atoms with Crippen LogP contribution in [0.15, 0.2) is 138 Å². The monoisotopic (exact) mass is 484 g/mol. The fourth-order valence-electron chi connectivity index (χ4n) is 6.09. The lowest BCUT2D eigenvalue weighted by atomic mass is 9.90. The van der Waals surface area contributed by atoms with Gasteiger partial charge in [0, 0.05) is 16.2 Å². The highest BCUT2D eigenvalue weighted by molar-refractivity contribution is 6.32. The van der Waals surface area contributed by atoms with Crippen LogP contribution in [0.5, 0.6) is 0 Å². The van der Waals surface area contributed by atoms with Gasteiger partial charge in [-0.05, 0) is 73.8 Å². The second-order valence-electron chi connectivity index (χ2n) is 10.1. The minimum absolute atomic E-state index is 0.930. The molecule has 0 saturated heterocycles. The lowest BCUT2D eigenvalue weighted by Crippen LogP contribution is -1.89. The van der Waals surface area contributed by atoms with Crippen LogP contribution < -0.4 is 0 Å². The zero-order valence-electron chi connectivity index (χ0n) is 20.8. The summed E-state index contributed by atoms with van der Waals surface area (Å²) < 4.78 is 6.51. The second-order valence-corrected chi connectivity index (χ2v) is 10.1. The SMILES string of the molecule is c1ccc(Cc2cccc(-c3ccc4c(c3)c3ccccc3c3ccc5c6ccccc6oc5c34)c2)cc1. The molecule has 0 unspecified atom stereocenters. The third-order valence-electron chi connectivity index (χ3n) is 7.85. The summed E-state index contributed by atoms with van der Waals surface area (Å²) in [5.41, 5.74) is 7.02. The van der Waals surface area contributed by atoms with E-state index in [4.69, 9.17) is 4.42 Å². The van der Waals surface area contributed by atoms with Crippen molar-refractivity contribution in [2.45, 2.75) is 6.42 Å². The smallest absolute Gasteiger partial charge is 0.143 e. The summed E-state index contributed by atoms with van der Waals surface area (Å²) in [7, 11) is 0. The third-order valence-corrected chi connectivity index (χ3v) is 7.85. The maximum atomic E-state index is 6.51. The highest BCUT2D eigenvalue weighted by atomic mass is 16.3. The zero-order valence-corrected chi connectivity index (χ0v) is 20.8. The van der Waals surface area contributed by atoms with Crippen LogP contribution in [0.4, 0.5) is 0 Å². The molecule has 38 heavy (non-hydrogen) atoms. The fourth-order valence-corrected chi connectivity index (χ4v) is 6.09. The quantitative estimate of drug-likeness (QED) is 0.227. The van der Waals surface area contributed by atoms with Gasteiger partial charge in [0.25, 0.3) is 0 Å². The van der Waals surface area contributed by atoms with Gasteiger partial charge in [-0.15, -0.1) is 0 Å². The zero-order chi connectivity index (χ0) is 25.1. The molecule has 0 atom stereocenters. The number of rotatable bonds is 3. The van der Waals surface area contributed by atoms with Gasteiger partial charge >= 0.3 is 0 Å². The summed E-state index contributed by atoms with van der Waals surface area (Å²) in [4.78, 5) is 0. The normalized spacial score (nSPS) is 11.8. The second kappa shape index (κ2) is 8.33. The highest BCUT2D eigenvalue weighted by Crippen LogP contribution is 2.42. The van der Waals surface area contributed by atoms with Crippen molar-refractivity contribution < 1.29 is 4.42 Å². The van der Waals surface area contributed by atoms with Crippen LogP contribution >= 0.6 is 0 Å². The fraction of sp³-hybridized carbons (Fsp3) is 0.0270. The minimum atomic E-state index is 0.930. The summed E-state index contributed by atoms with van der Waals surface area (Å²) >= 11 is 0. The van der Waals surface area contributed by atoms with Crippen molar-refractivity contribution in [3.63, 3.8) is 0 Å². The van der Waals surface area contributed by atoms with Crippen LogP contribution in [-0.4, -0.2) is 0 Å². The lowest BCUT2D eigenvalue weighted by Gasteiger charge is -2.13. The van der Waals surface area contributed by atoms with Crippen LogP contribution in [-0.2, 0) is 6.42 Å². The molecule has 0 aliphatic carbocycles. The van der Waals surface area contributed by atoms with Crippen LogP contribution in [0.1, 0.15) is 11.1 Å². The molecule has 0 amide bonds. The first-order valence-electron chi connectivity index (χ1n) is 13.2. The van der Waals surface area contributed by atoms with E-state index < -0.39 is 0 Å². The van der Waals surface area contributed by atoms with Crippen molar-refractivity contribution in [1.29, 1.82) is 0 Å². The summed E-state index contributed by atoms with van der Waals surface area (Å²) in [6.45, 7) is 0. The molecular formula is C37H24O. The Kier molecular flexibility index (Phi) is 4.65. The Balaban J connectivity index is 1.39. The van der Waals surface area contributed by atoms with Gasteiger partial charge in [-0.2, -0.15) is 0 Å². The number of hydrogen-bond acceptors (Lipinski definition) is 1. The molecule has 0 saturated carbocycles. The Labute approximate surface area is 220 Å². The van der Waals surface area contributed by atoms with E-state index >= 15 is 0 Å². The van der Waals surface area contributed by atoms with Gasteiger partial charge in [0.15, 0.2) is 0 Å². The average molecular weight is 485 g/mol. The van der Waals surface area contributed by atoms with Gasteiger partial charge in [-0.3, -0.25) is 0 Å². The number of benzene rings is 7. The van der Waals surface area contributed by atoms with Gasteiger partial charge in [0.05, 0.1) is 0 Å². The molecule has 1 nitrogen and oxygen atoms in total. The maximum Gasteiger partial charge on any atom is 0.143 e. The number of fused-ring (bicyclic) bond motifs is 10. The molecule has 178 valence electrons. The highest BCUT2D eigenvalue weighted by Gasteiger charge is 2.16. The molecule has 1 heterocycles. The largest absolute Gasteiger partial charge is 0.455 e. The maximum absolute atomic E-state index is 6.51. The molecule has 0 bridgehead atoms. The Bertz CT molecular complexity index is 2150. The van der Waals surface area contributed by atoms with Crippen molar-refractivity contribution in [2.75, 3.05) is 0 Å². The topological polar surface area (TPSA) is 13.1 Å². The predicted octanol–water partition coefficient (Wildman–Crippen LogP) is 10.3.